The lowest BCUT2D eigenvalue weighted by Gasteiger charge is -2.17. The first kappa shape index (κ1) is 16.1. The van der Waals surface area contributed by atoms with Crippen molar-refractivity contribution in [3.63, 3.8) is 0 Å². The number of aromatic nitrogens is 1. The van der Waals surface area contributed by atoms with E-state index in [-0.39, 0.29) is 5.92 Å². The third-order valence-corrected chi connectivity index (χ3v) is 4.34. The van der Waals surface area contributed by atoms with Crippen LogP contribution in [0.15, 0.2) is 30.5 Å². The van der Waals surface area contributed by atoms with Gasteiger partial charge in [0.1, 0.15) is 5.75 Å². The normalized spacial score (nSPS) is 12.2. The van der Waals surface area contributed by atoms with Gasteiger partial charge >= 0.3 is 0 Å². The van der Waals surface area contributed by atoms with Gasteiger partial charge in [-0.15, -0.1) is 11.6 Å². The number of hydrogen-bond donors (Lipinski definition) is 0. The average Bonchev–Trinajstić information content (AvgIpc) is 2.48. The molecule has 1 aromatic heterocycles. The number of pyridine rings is 1. The van der Waals surface area contributed by atoms with Crippen molar-refractivity contribution in [2.24, 2.45) is 0 Å². The van der Waals surface area contributed by atoms with E-state index in [0.29, 0.717) is 5.88 Å². The molecule has 0 bridgehead atoms. The molecule has 0 spiro atoms. The third-order valence-electron chi connectivity index (χ3n) is 3.72. The zero-order chi connectivity index (χ0) is 15.4. The average molecular weight is 324 g/mol. The van der Waals surface area contributed by atoms with Crippen LogP contribution in [-0.2, 0) is 6.42 Å². The minimum Gasteiger partial charge on any atom is -0.496 e. The van der Waals surface area contributed by atoms with E-state index in [0.717, 1.165) is 34.0 Å². The minimum atomic E-state index is 0.211. The maximum Gasteiger partial charge on any atom is 0.128 e. The van der Waals surface area contributed by atoms with Crippen molar-refractivity contribution in [3.8, 4) is 5.75 Å². The lowest BCUT2D eigenvalue weighted by atomic mass is 9.94. The predicted octanol–water partition coefficient (Wildman–Crippen LogP) is 4.93. The summed E-state index contributed by atoms with van der Waals surface area (Å²) in [5, 5.41) is 0.735. The molecule has 2 nitrogen and oxygen atoms in total. The Morgan fingerprint density at radius 3 is 2.43 bits per heavy atom. The van der Waals surface area contributed by atoms with Crippen molar-refractivity contribution in [3.05, 3.63) is 57.9 Å². The Labute approximate surface area is 136 Å². The summed E-state index contributed by atoms with van der Waals surface area (Å²) in [6.07, 6.45) is 2.64. The number of ether oxygens (including phenoxy) is 1. The second kappa shape index (κ2) is 7.15. The second-order valence-electron chi connectivity index (χ2n) is 5.15. The van der Waals surface area contributed by atoms with Crippen molar-refractivity contribution in [1.82, 2.24) is 4.98 Å². The SMILES string of the molecule is COc1c(C)cnc(CC(CCl)c2ccc(Cl)cc2)c1C. The first-order chi connectivity index (χ1) is 10.1. The lowest BCUT2D eigenvalue weighted by molar-refractivity contribution is 0.406. The molecule has 0 aliphatic heterocycles. The first-order valence-electron chi connectivity index (χ1n) is 6.87. The zero-order valence-electron chi connectivity index (χ0n) is 12.5. The van der Waals surface area contributed by atoms with Crippen molar-refractivity contribution in [2.75, 3.05) is 13.0 Å². The highest BCUT2D eigenvalue weighted by Gasteiger charge is 2.16. The number of benzene rings is 1. The molecule has 0 aliphatic rings. The molecule has 1 unspecified atom stereocenters. The summed E-state index contributed by atoms with van der Waals surface area (Å²) >= 11 is 12.1. The van der Waals surface area contributed by atoms with E-state index in [2.05, 4.69) is 4.98 Å². The van der Waals surface area contributed by atoms with E-state index < -0.39 is 0 Å². The van der Waals surface area contributed by atoms with Gasteiger partial charge in [-0.3, -0.25) is 4.98 Å². The summed E-state index contributed by atoms with van der Waals surface area (Å²) in [7, 11) is 1.69. The molecule has 21 heavy (non-hydrogen) atoms. The number of rotatable bonds is 5. The molecule has 0 aliphatic carbocycles. The smallest absolute Gasteiger partial charge is 0.128 e. The fraction of sp³-hybridized carbons (Fsp3) is 0.353. The summed E-state index contributed by atoms with van der Waals surface area (Å²) in [4.78, 5) is 4.55. The summed E-state index contributed by atoms with van der Waals surface area (Å²) < 4.78 is 5.46. The molecule has 0 radical (unpaired) electrons. The molecular formula is C17H19Cl2NO. The van der Waals surface area contributed by atoms with E-state index in [1.54, 1.807) is 7.11 Å². The van der Waals surface area contributed by atoms with Crippen molar-refractivity contribution < 1.29 is 4.74 Å². The fourth-order valence-corrected chi connectivity index (χ4v) is 2.92. The lowest BCUT2D eigenvalue weighted by Crippen LogP contribution is -2.08. The van der Waals surface area contributed by atoms with Crippen LogP contribution in [0.4, 0.5) is 0 Å². The first-order valence-corrected chi connectivity index (χ1v) is 7.78. The zero-order valence-corrected chi connectivity index (χ0v) is 14.0. The highest BCUT2D eigenvalue weighted by Crippen LogP contribution is 2.29. The topological polar surface area (TPSA) is 22.1 Å². The molecule has 0 saturated heterocycles. The Morgan fingerprint density at radius 2 is 1.86 bits per heavy atom. The van der Waals surface area contributed by atoms with Gasteiger partial charge in [0.05, 0.1) is 7.11 Å². The van der Waals surface area contributed by atoms with Gasteiger partial charge in [-0.2, -0.15) is 0 Å². The Balaban J connectivity index is 2.29. The standard InChI is InChI=1S/C17H19Cl2NO/c1-11-10-20-16(12(2)17(11)21-3)8-14(9-18)13-4-6-15(19)7-5-13/h4-7,10,14H,8-9H2,1-3H3. The molecule has 1 heterocycles. The number of aryl methyl sites for hydroxylation is 1. The van der Waals surface area contributed by atoms with Gasteiger partial charge in [0.15, 0.2) is 0 Å². The molecule has 0 N–H and O–H groups in total. The van der Waals surface area contributed by atoms with Crippen LogP contribution >= 0.6 is 23.2 Å². The predicted molar refractivity (Wildman–Crippen MR) is 88.9 cm³/mol. The number of nitrogens with zero attached hydrogens (tertiary/aromatic N) is 1. The molecule has 2 aromatic rings. The van der Waals surface area contributed by atoms with Gasteiger partial charge in [-0.05, 0) is 38.0 Å². The van der Waals surface area contributed by atoms with Crippen molar-refractivity contribution in [1.29, 1.82) is 0 Å². The van der Waals surface area contributed by atoms with E-state index in [1.165, 1.54) is 5.56 Å². The van der Waals surface area contributed by atoms with E-state index in [4.69, 9.17) is 27.9 Å². The highest BCUT2D eigenvalue weighted by atomic mass is 35.5. The summed E-state index contributed by atoms with van der Waals surface area (Å²) in [6.45, 7) is 4.04. The second-order valence-corrected chi connectivity index (χ2v) is 5.90. The Morgan fingerprint density at radius 1 is 1.19 bits per heavy atom. The van der Waals surface area contributed by atoms with Crippen molar-refractivity contribution in [2.45, 2.75) is 26.2 Å². The molecule has 0 amide bonds. The van der Waals surface area contributed by atoms with Crippen LogP contribution in [0, 0.1) is 13.8 Å². The van der Waals surface area contributed by atoms with Gasteiger partial charge in [-0.1, -0.05) is 23.7 Å². The van der Waals surface area contributed by atoms with Gasteiger partial charge in [0.2, 0.25) is 0 Å². The molecule has 112 valence electrons. The fourth-order valence-electron chi connectivity index (χ4n) is 2.51. The molecule has 0 fully saturated rings. The molecule has 2 rings (SSSR count). The van der Waals surface area contributed by atoms with E-state index in [9.17, 15) is 0 Å². The van der Waals surface area contributed by atoms with Crippen LogP contribution in [0.2, 0.25) is 5.02 Å². The van der Waals surface area contributed by atoms with Gasteiger partial charge in [0.25, 0.3) is 0 Å². The molecule has 0 saturated carbocycles. The quantitative estimate of drug-likeness (QED) is 0.728. The van der Waals surface area contributed by atoms with E-state index >= 15 is 0 Å². The minimum absolute atomic E-state index is 0.211. The molecular weight excluding hydrogens is 305 g/mol. The van der Waals surface area contributed by atoms with Gasteiger partial charge in [-0.25, -0.2) is 0 Å². The van der Waals surface area contributed by atoms with Crippen molar-refractivity contribution >= 4 is 23.2 Å². The summed E-state index contributed by atoms with van der Waals surface area (Å²) in [5.74, 6) is 1.66. The van der Waals surface area contributed by atoms with Gasteiger partial charge in [0, 0.05) is 39.8 Å². The van der Waals surface area contributed by atoms with Crippen LogP contribution in [0.25, 0.3) is 0 Å². The summed E-state index contributed by atoms with van der Waals surface area (Å²) in [6, 6.07) is 7.84. The molecule has 1 aromatic carbocycles. The summed E-state index contributed by atoms with van der Waals surface area (Å²) in [5.41, 5.74) is 4.34. The maximum atomic E-state index is 6.16. The number of methoxy groups -OCH3 is 1. The number of alkyl halides is 1. The third kappa shape index (κ3) is 3.69. The van der Waals surface area contributed by atoms with Crippen LogP contribution in [0.1, 0.15) is 28.3 Å². The van der Waals surface area contributed by atoms with Crippen LogP contribution in [0.5, 0.6) is 5.75 Å². The Bertz CT molecular complexity index is 611. The monoisotopic (exact) mass is 323 g/mol. The maximum absolute atomic E-state index is 6.16. The molecule has 4 heteroatoms. The number of halogens is 2. The highest BCUT2D eigenvalue weighted by molar-refractivity contribution is 6.30. The van der Waals surface area contributed by atoms with Gasteiger partial charge < -0.3 is 4.74 Å². The molecule has 1 atom stereocenters. The van der Waals surface area contributed by atoms with E-state index in [1.807, 2.05) is 44.3 Å². The number of hydrogen-bond acceptors (Lipinski definition) is 2. The van der Waals surface area contributed by atoms with Crippen LogP contribution < -0.4 is 4.74 Å². The largest absolute Gasteiger partial charge is 0.496 e. The van der Waals surface area contributed by atoms with Crippen LogP contribution in [-0.4, -0.2) is 18.0 Å². The Kier molecular flexibility index (Phi) is 5.49. The van der Waals surface area contributed by atoms with Crippen LogP contribution in [0.3, 0.4) is 0 Å². The Hall–Kier alpha value is -1.25.